The summed E-state index contributed by atoms with van der Waals surface area (Å²) in [6.07, 6.45) is -3.05. The van der Waals surface area contributed by atoms with E-state index in [2.05, 4.69) is 15.9 Å². The van der Waals surface area contributed by atoms with Gasteiger partial charge in [0.1, 0.15) is 0 Å². The van der Waals surface area contributed by atoms with Crippen molar-refractivity contribution in [3.05, 3.63) is 0 Å². The molecule has 0 radical (unpaired) electrons. The highest BCUT2D eigenvalue weighted by Crippen LogP contribution is 2.40. The van der Waals surface area contributed by atoms with Crippen LogP contribution in [0.25, 0.3) is 0 Å². The van der Waals surface area contributed by atoms with Crippen LogP contribution in [0.4, 0.5) is 13.2 Å². The number of halogens is 4. The standard InChI is InChI=1S/C13H21BrF3NO/c1-12(2,8-14)18(3)11(19)9-5-4-6-10(7-9)13(15,16)17/h9-10H,4-8H2,1-3H3. The van der Waals surface area contributed by atoms with E-state index in [0.29, 0.717) is 18.2 Å². The molecule has 1 aliphatic rings. The van der Waals surface area contributed by atoms with E-state index in [4.69, 9.17) is 0 Å². The zero-order valence-corrected chi connectivity index (χ0v) is 13.1. The van der Waals surface area contributed by atoms with Crippen molar-refractivity contribution in [1.82, 2.24) is 4.90 Å². The van der Waals surface area contributed by atoms with Crippen LogP contribution in [0, 0.1) is 11.8 Å². The smallest absolute Gasteiger partial charge is 0.340 e. The van der Waals surface area contributed by atoms with E-state index in [1.165, 1.54) is 0 Å². The van der Waals surface area contributed by atoms with Crippen molar-refractivity contribution in [2.75, 3.05) is 12.4 Å². The zero-order chi connectivity index (χ0) is 14.8. The van der Waals surface area contributed by atoms with Crippen molar-refractivity contribution in [1.29, 1.82) is 0 Å². The summed E-state index contributed by atoms with van der Waals surface area (Å²) in [7, 11) is 1.67. The van der Waals surface area contributed by atoms with Crippen molar-refractivity contribution < 1.29 is 18.0 Å². The van der Waals surface area contributed by atoms with Crippen molar-refractivity contribution in [3.8, 4) is 0 Å². The van der Waals surface area contributed by atoms with E-state index in [9.17, 15) is 18.0 Å². The van der Waals surface area contributed by atoms with Gasteiger partial charge >= 0.3 is 6.18 Å². The maximum Gasteiger partial charge on any atom is 0.391 e. The Morgan fingerprint density at radius 2 is 1.89 bits per heavy atom. The molecule has 19 heavy (non-hydrogen) atoms. The fourth-order valence-electron chi connectivity index (χ4n) is 2.37. The van der Waals surface area contributed by atoms with E-state index < -0.39 is 18.0 Å². The maximum absolute atomic E-state index is 12.7. The fourth-order valence-corrected chi connectivity index (χ4v) is 2.75. The minimum atomic E-state index is -4.18. The quantitative estimate of drug-likeness (QED) is 0.709. The Bertz CT molecular complexity index is 330. The molecule has 0 N–H and O–H groups in total. The Morgan fingerprint density at radius 1 is 1.32 bits per heavy atom. The number of carbonyl (C=O) groups excluding carboxylic acids is 1. The van der Waals surface area contributed by atoms with Gasteiger partial charge < -0.3 is 4.90 Å². The van der Waals surface area contributed by atoms with Gasteiger partial charge in [-0.3, -0.25) is 4.79 Å². The third kappa shape index (κ3) is 4.10. The summed E-state index contributed by atoms with van der Waals surface area (Å²) < 4.78 is 38.2. The average Bonchev–Trinajstić information content (AvgIpc) is 2.36. The van der Waals surface area contributed by atoms with Crippen molar-refractivity contribution in [2.24, 2.45) is 11.8 Å². The second kappa shape index (κ2) is 6.02. The lowest BCUT2D eigenvalue weighted by Crippen LogP contribution is -2.49. The summed E-state index contributed by atoms with van der Waals surface area (Å²) in [5.74, 6) is -1.99. The van der Waals surface area contributed by atoms with Gasteiger partial charge in [0.25, 0.3) is 0 Å². The molecule has 1 amide bonds. The number of hydrogen-bond donors (Lipinski definition) is 0. The molecule has 1 aliphatic carbocycles. The predicted octanol–water partition coefficient (Wildman–Crippen LogP) is 3.99. The minimum absolute atomic E-state index is 0.0644. The third-order valence-electron chi connectivity index (χ3n) is 4.05. The predicted molar refractivity (Wildman–Crippen MR) is 72.1 cm³/mol. The number of amides is 1. The van der Waals surface area contributed by atoms with Crippen LogP contribution >= 0.6 is 15.9 Å². The Kier molecular flexibility index (Phi) is 5.32. The zero-order valence-electron chi connectivity index (χ0n) is 11.6. The summed E-state index contributed by atoms with van der Waals surface area (Å²) in [5, 5.41) is 0.595. The van der Waals surface area contributed by atoms with Crippen LogP contribution in [0.5, 0.6) is 0 Å². The van der Waals surface area contributed by atoms with Gasteiger partial charge in [0.15, 0.2) is 0 Å². The molecule has 0 heterocycles. The van der Waals surface area contributed by atoms with Crippen molar-refractivity contribution in [2.45, 2.75) is 51.2 Å². The molecule has 0 aromatic rings. The summed E-state index contributed by atoms with van der Waals surface area (Å²) in [4.78, 5) is 13.9. The summed E-state index contributed by atoms with van der Waals surface area (Å²) in [6.45, 7) is 3.79. The molecule has 0 aliphatic heterocycles. The Balaban J connectivity index is 2.72. The van der Waals surface area contributed by atoms with Crippen LogP contribution in [0.2, 0.25) is 0 Å². The fraction of sp³-hybridized carbons (Fsp3) is 0.923. The van der Waals surface area contributed by atoms with Crippen LogP contribution in [-0.2, 0) is 4.79 Å². The molecule has 1 fully saturated rings. The van der Waals surface area contributed by atoms with E-state index >= 15 is 0 Å². The van der Waals surface area contributed by atoms with Gasteiger partial charge in [-0.15, -0.1) is 0 Å². The van der Waals surface area contributed by atoms with Crippen molar-refractivity contribution >= 4 is 21.8 Å². The topological polar surface area (TPSA) is 20.3 Å². The summed E-state index contributed by atoms with van der Waals surface area (Å²) in [5.41, 5.74) is -0.387. The molecule has 2 nitrogen and oxygen atoms in total. The first kappa shape index (κ1) is 16.8. The third-order valence-corrected chi connectivity index (χ3v) is 5.42. The molecule has 0 bridgehead atoms. The highest BCUT2D eigenvalue weighted by atomic mass is 79.9. The molecule has 1 rings (SSSR count). The number of alkyl halides is 4. The van der Waals surface area contributed by atoms with Crippen LogP contribution in [0.15, 0.2) is 0 Å². The van der Waals surface area contributed by atoms with Gasteiger partial charge in [0.2, 0.25) is 5.91 Å². The summed E-state index contributed by atoms with van der Waals surface area (Å²) >= 11 is 3.33. The van der Waals surface area contributed by atoms with Gasteiger partial charge in [-0.1, -0.05) is 22.4 Å². The van der Waals surface area contributed by atoms with Crippen molar-refractivity contribution in [3.63, 3.8) is 0 Å². The number of carbonyl (C=O) groups is 1. The second-order valence-electron chi connectivity index (χ2n) is 5.95. The Labute approximate surface area is 120 Å². The van der Waals surface area contributed by atoms with Gasteiger partial charge in [-0.2, -0.15) is 13.2 Å². The van der Waals surface area contributed by atoms with Crippen LogP contribution in [0.3, 0.4) is 0 Å². The number of rotatable bonds is 3. The van der Waals surface area contributed by atoms with Crippen LogP contribution < -0.4 is 0 Å². The minimum Gasteiger partial charge on any atom is -0.340 e. The molecule has 6 heteroatoms. The Hall–Kier alpha value is -0.260. The SMILES string of the molecule is CN(C(=O)C1CCCC(C(F)(F)F)C1)C(C)(C)CBr. The molecule has 112 valence electrons. The molecular weight excluding hydrogens is 323 g/mol. The normalized spacial score (nSPS) is 25.2. The lowest BCUT2D eigenvalue weighted by atomic mass is 9.80. The summed E-state index contributed by atoms with van der Waals surface area (Å²) in [6, 6.07) is 0. The van der Waals surface area contributed by atoms with Crippen LogP contribution in [-0.4, -0.2) is 34.9 Å². The molecule has 0 aromatic heterocycles. The number of hydrogen-bond acceptors (Lipinski definition) is 1. The van der Waals surface area contributed by atoms with E-state index in [1.807, 2.05) is 13.8 Å². The van der Waals surface area contributed by atoms with Gasteiger partial charge in [-0.25, -0.2) is 0 Å². The molecule has 0 saturated heterocycles. The van der Waals surface area contributed by atoms with Crippen LogP contribution in [0.1, 0.15) is 39.5 Å². The van der Waals surface area contributed by atoms with E-state index in [-0.39, 0.29) is 24.3 Å². The molecular formula is C13H21BrF3NO. The largest absolute Gasteiger partial charge is 0.391 e. The number of nitrogens with zero attached hydrogens (tertiary/aromatic N) is 1. The lowest BCUT2D eigenvalue weighted by Gasteiger charge is -2.38. The molecule has 1 saturated carbocycles. The highest BCUT2D eigenvalue weighted by molar-refractivity contribution is 9.09. The van der Waals surface area contributed by atoms with E-state index in [1.54, 1.807) is 11.9 Å². The average molecular weight is 344 g/mol. The maximum atomic E-state index is 12.7. The highest BCUT2D eigenvalue weighted by Gasteiger charge is 2.44. The first-order valence-corrected chi connectivity index (χ1v) is 7.62. The van der Waals surface area contributed by atoms with E-state index in [0.717, 1.165) is 0 Å². The molecule has 2 atom stereocenters. The van der Waals surface area contributed by atoms with Gasteiger partial charge in [0, 0.05) is 23.8 Å². The van der Waals surface area contributed by atoms with Gasteiger partial charge in [-0.05, 0) is 33.1 Å². The first-order chi connectivity index (χ1) is 8.59. The Morgan fingerprint density at radius 3 is 2.37 bits per heavy atom. The lowest BCUT2D eigenvalue weighted by molar-refractivity contribution is -0.187. The monoisotopic (exact) mass is 343 g/mol. The molecule has 0 spiro atoms. The van der Waals surface area contributed by atoms with Gasteiger partial charge in [0.05, 0.1) is 5.92 Å². The second-order valence-corrected chi connectivity index (χ2v) is 6.51. The molecule has 0 aromatic carbocycles. The molecule has 2 unspecified atom stereocenters. The first-order valence-electron chi connectivity index (χ1n) is 6.50.